The van der Waals surface area contributed by atoms with Crippen LogP contribution < -0.4 is 10.6 Å². The number of nitrogens with zero attached hydrogens (tertiary/aromatic N) is 3. The lowest BCUT2D eigenvalue weighted by molar-refractivity contribution is -0.176. The maximum absolute atomic E-state index is 13.5. The van der Waals surface area contributed by atoms with Crippen molar-refractivity contribution in [2.45, 2.75) is 71.8 Å². The summed E-state index contributed by atoms with van der Waals surface area (Å²) >= 11 is 0. The number of carbonyl (C=O) groups excluding carboxylic acids is 4. The van der Waals surface area contributed by atoms with Crippen LogP contribution in [0.25, 0.3) is 0 Å². The molecule has 1 aliphatic carbocycles. The summed E-state index contributed by atoms with van der Waals surface area (Å²) in [6.45, 7) is 9.51. The maximum atomic E-state index is 13.5. The zero-order valence-electron chi connectivity index (χ0n) is 20.5. The standard InChI is InChI=1S/C23H32F3N5O4/c1-21(2,3)16(29-20(35)23(24,25)26)19(34)31-11-12-14(22(12,4)5)15(31)17(32)28-13(10-27)18(33)30-8-6-7-9-30/h12-16H,6-9,11H2,1-5H3,(H,28,32)(H,29,35)/t12?,13?,14?,15?,16-/m1/s1. The van der Waals surface area contributed by atoms with Crippen LogP contribution in [0.4, 0.5) is 13.2 Å². The zero-order valence-corrected chi connectivity index (χ0v) is 20.5. The molecule has 35 heavy (non-hydrogen) atoms. The van der Waals surface area contributed by atoms with Crippen molar-refractivity contribution in [2.75, 3.05) is 19.6 Å². The second-order valence-corrected chi connectivity index (χ2v) is 11.3. The third-order valence-corrected chi connectivity index (χ3v) is 7.49. The SMILES string of the molecule is CC1(C)C2CN(C(=O)[C@@H](NC(=O)C(F)(F)F)C(C)(C)C)C(C(=O)NC(C#N)C(=O)N3CCCC3)C21. The minimum Gasteiger partial charge on any atom is -0.340 e. The molecule has 2 N–H and O–H groups in total. The van der Waals surface area contributed by atoms with Gasteiger partial charge >= 0.3 is 12.1 Å². The average Bonchev–Trinajstić information content (AvgIpc) is 3.21. The van der Waals surface area contributed by atoms with Crippen LogP contribution in [0.3, 0.4) is 0 Å². The first kappa shape index (κ1) is 26.8. The van der Waals surface area contributed by atoms with Crippen LogP contribution in [0.1, 0.15) is 47.5 Å². The van der Waals surface area contributed by atoms with Gasteiger partial charge in [-0.25, -0.2) is 0 Å². The number of rotatable bonds is 5. The number of halogens is 3. The summed E-state index contributed by atoms with van der Waals surface area (Å²) in [7, 11) is 0. The Morgan fingerprint density at radius 3 is 2.09 bits per heavy atom. The first-order valence-electron chi connectivity index (χ1n) is 11.7. The van der Waals surface area contributed by atoms with Crippen LogP contribution in [0.2, 0.25) is 0 Å². The van der Waals surface area contributed by atoms with Crippen LogP contribution in [0.15, 0.2) is 0 Å². The quantitative estimate of drug-likeness (QED) is 0.589. The highest BCUT2D eigenvalue weighted by molar-refractivity contribution is 5.97. The first-order valence-corrected chi connectivity index (χ1v) is 11.7. The number of amides is 4. The van der Waals surface area contributed by atoms with Crippen LogP contribution in [0, 0.1) is 34.0 Å². The number of hydrogen-bond acceptors (Lipinski definition) is 5. The molecule has 5 atom stereocenters. The van der Waals surface area contributed by atoms with Gasteiger partial charge < -0.3 is 20.4 Å². The number of fused-ring (bicyclic) bond motifs is 1. The highest BCUT2D eigenvalue weighted by Crippen LogP contribution is 2.65. The molecule has 2 heterocycles. The molecule has 0 radical (unpaired) electrons. The van der Waals surface area contributed by atoms with E-state index in [4.69, 9.17) is 0 Å². The maximum Gasteiger partial charge on any atom is 0.471 e. The van der Waals surface area contributed by atoms with Crippen molar-refractivity contribution in [3.8, 4) is 6.07 Å². The minimum absolute atomic E-state index is 0.0732. The number of carbonyl (C=O) groups is 4. The summed E-state index contributed by atoms with van der Waals surface area (Å²) in [6, 6.07) is -2.23. The van der Waals surface area contributed by atoms with Crippen LogP contribution in [-0.4, -0.2) is 77.4 Å². The molecule has 2 saturated heterocycles. The fourth-order valence-corrected chi connectivity index (χ4v) is 5.34. The number of alkyl halides is 3. The molecular formula is C23H32F3N5O4. The Bertz CT molecular complexity index is 946. The predicted molar refractivity (Wildman–Crippen MR) is 117 cm³/mol. The Morgan fingerprint density at radius 1 is 1.03 bits per heavy atom. The second-order valence-electron chi connectivity index (χ2n) is 11.3. The summed E-state index contributed by atoms with van der Waals surface area (Å²) < 4.78 is 38.8. The molecule has 0 aromatic heterocycles. The highest BCUT2D eigenvalue weighted by atomic mass is 19.4. The van der Waals surface area contributed by atoms with Gasteiger partial charge in [-0.05, 0) is 35.5 Å². The van der Waals surface area contributed by atoms with E-state index in [9.17, 15) is 37.6 Å². The van der Waals surface area contributed by atoms with Gasteiger partial charge in [-0.3, -0.25) is 19.2 Å². The third-order valence-electron chi connectivity index (χ3n) is 7.49. The molecule has 4 amide bonds. The largest absolute Gasteiger partial charge is 0.471 e. The Morgan fingerprint density at radius 2 is 1.60 bits per heavy atom. The average molecular weight is 500 g/mol. The van der Waals surface area contributed by atoms with Crippen LogP contribution in [-0.2, 0) is 19.2 Å². The van der Waals surface area contributed by atoms with E-state index in [0.717, 1.165) is 12.8 Å². The fourth-order valence-electron chi connectivity index (χ4n) is 5.34. The van der Waals surface area contributed by atoms with Gasteiger partial charge in [-0.2, -0.15) is 18.4 Å². The molecule has 194 valence electrons. The lowest BCUT2D eigenvalue weighted by Gasteiger charge is -2.37. The Labute approximate surface area is 202 Å². The number of nitrogens with one attached hydrogen (secondary N) is 2. The van der Waals surface area contributed by atoms with Gasteiger partial charge in [-0.1, -0.05) is 34.6 Å². The van der Waals surface area contributed by atoms with Crippen molar-refractivity contribution in [1.29, 1.82) is 5.26 Å². The van der Waals surface area contributed by atoms with Gasteiger partial charge in [0.15, 0.2) is 6.04 Å². The van der Waals surface area contributed by atoms with E-state index in [1.54, 1.807) is 5.32 Å². The lowest BCUT2D eigenvalue weighted by atomic mass is 9.85. The molecule has 9 nitrogen and oxygen atoms in total. The van der Waals surface area contributed by atoms with Gasteiger partial charge in [0.25, 0.3) is 5.91 Å². The predicted octanol–water partition coefficient (Wildman–Crippen LogP) is 1.19. The summed E-state index contributed by atoms with van der Waals surface area (Å²) in [4.78, 5) is 53.8. The van der Waals surface area contributed by atoms with E-state index in [0.29, 0.717) is 13.1 Å². The molecule has 12 heteroatoms. The number of hydrogen-bond donors (Lipinski definition) is 2. The van der Waals surface area contributed by atoms with Gasteiger partial charge in [-0.15, -0.1) is 0 Å². The Hall–Kier alpha value is -2.84. The van der Waals surface area contributed by atoms with E-state index in [-0.39, 0.29) is 23.8 Å². The first-order chi connectivity index (χ1) is 16.0. The van der Waals surface area contributed by atoms with E-state index in [1.807, 2.05) is 19.9 Å². The number of nitriles is 1. The molecule has 0 aromatic rings. The van der Waals surface area contributed by atoms with Crippen molar-refractivity contribution in [3.63, 3.8) is 0 Å². The molecule has 3 rings (SSSR count). The summed E-state index contributed by atoms with van der Waals surface area (Å²) in [5.41, 5.74) is -1.38. The summed E-state index contributed by atoms with van der Waals surface area (Å²) in [5.74, 6) is -4.63. The van der Waals surface area contributed by atoms with Crippen LogP contribution >= 0.6 is 0 Å². The van der Waals surface area contributed by atoms with E-state index >= 15 is 0 Å². The van der Waals surface area contributed by atoms with Crippen molar-refractivity contribution in [1.82, 2.24) is 20.4 Å². The van der Waals surface area contributed by atoms with Crippen molar-refractivity contribution in [3.05, 3.63) is 0 Å². The van der Waals surface area contributed by atoms with E-state index in [2.05, 4.69) is 5.32 Å². The number of piperidine rings is 1. The van der Waals surface area contributed by atoms with Gasteiger partial charge in [0.1, 0.15) is 12.1 Å². The molecule has 1 saturated carbocycles. The topological polar surface area (TPSA) is 123 Å². The molecule has 4 unspecified atom stereocenters. The van der Waals surface area contributed by atoms with Gasteiger partial charge in [0.2, 0.25) is 11.8 Å². The molecule has 2 aliphatic heterocycles. The summed E-state index contributed by atoms with van der Waals surface area (Å²) in [6.07, 6.45) is -3.57. The second kappa shape index (κ2) is 8.99. The van der Waals surface area contributed by atoms with E-state index < -0.39 is 53.3 Å². The molecular weight excluding hydrogens is 467 g/mol. The third kappa shape index (κ3) is 5.09. The van der Waals surface area contributed by atoms with Crippen molar-refractivity contribution >= 4 is 23.6 Å². The molecule has 0 bridgehead atoms. The van der Waals surface area contributed by atoms with Gasteiger partial charge in [0.05, 0.1) is 6.07 Å². The lowest BCUT2D eigenvalue weighted by Crippen LogP contribution is -2.61. The van der Waals surface area contributed by atoms with E-state index in [1.165, 1.54) is 30.6 Å². The van der Waals surface area contributed by atoms with Crippen molar-refractivity contribution < 1.29 is 32.3 Å². The Balaban J connectivity index is 1.83. The fraction of sp³-hybridized carbons (Fsp3) is 0.783. The summed E-state index contributed by atoms with van der Waals surface area (Å²) in [5, 5.41) is 13.8. The zero-order chi connectivity index (χ0) is 26.5. The van der Waals surface area contributed by atoms with Crippen molar-refractivity contribution in [2.24, 2.45) is 22.7 Å². The highest BCUT2D eigenvalue weighted by Gasteiger charge is 2.70. The smallest absolute Gasteiger partial charge is 0.340 e. The minimum atomic E-state index is -5.17. The Kier molecular flexibility index (Phi) is 6.87. The molecule has 0 aromatic carbocycles. The monoisotopic (exact) mass is 499 g/mol. The normalized spacial score (nSPS) is 26.9. The van der Waals surface area contributed by atoms with Gasteiger partial charge in [0, 0.05) is 19.6 Å². The molecule has 0 spiro atoms. The molecule has 3 aliphatic rings. The van der Waals surface area contributed by atoms with Crippen LogP contribution in [0.5, 0.6) is 0 Å². The number of likely N-dealkylation sites (tertiary alicyclic amines) is 2. The molecule has 3 fully saturated rings.